The molecule has 6 nitrogen and oxygen atoms in total. The number of urea groups is 1. The van der Waals surface area contributed by atoms with Gasteiger partial charge in [0.15, 0.2) is 0 Å². The molecule has 1 unspecified atom stereocenters. The van der Waals surface area contributed by atoms with Gasteiger partial charge in [-0.1, -0.05) is 13.8 Å². The van der Waals surface area contributed by atoms with Crippen LogP contribution in [0, 0.1) is 11.8 Å². The SMILES string of the molecule is CC(C)C(CNC(=O)N1CCN(C(C)(C)C)CC1)C(=O)O. The number of carboxylic acids is 1. The monoisotopic (exact) mass is 299 g/mol. The zero-order valence-electron chi connectivity index (χ0n) is 13.8. The fourth-order valence-electron chi connectivity index (χ4n) is 2.50. The lowest BCUT2D eigenvalue weighted by atomic mass is 9.96. The summed E-state index contributed by atoms with van der Waals surface area (Å²) in [5.74, 6) is -1.40. The topological polar surface area (TPSA) is 72.9 Å². The summed E-state index contributed by atoms with van der Waals surface area (Å²) in [7, 11) is 0. The molecule has 2 amide bonds. The van der Waals surface area contributed by atoms with Gasteiger partial charge in [0.2, 0.25) is 0 Å². The van der Waals surface area contributed by atoms with Crippen LogP contribution in [0.15, 0.2) is 0 Å². The highest BCUT2D eigenvalue weighted by molar-refractivity contribution is 5.76. The Labute approximate surface area is 127 Å². The van der Waals surface area contributed by atoms with Crippen molar-refractivity contribution in [2.75, 3.05) is 32.7 Å². The molecule has 122 valence electrons. The van der Waals surface area contributed by atoms with Gasteiger partial charge in [0.1, 0.15) is 0 Å². The van der Waals surface area contributed by atoms with E-state index in [1.165, 1.54) is 0 Å². The smallest absolute Gasteiger partial charge is 0.317 e. The number of nitrogens with zero attached hydrogens (tertiary/aromatic N) is 2. The van der Waals surface area contributed by atoms with Gasteiger partial charge in [0, 0.05) is 38.3 Å². The van der Waals surface area contributed by atoms with Crippen LogP contribution in [0.2, 0.25) is 0 Å². The number of aliphatic carboxylic acids is 1. The van der Waals surface area contributed by atoms with E-state index in [2.05, 4.69) is 31.0 Å². The lowest BCUT2D eigenvalue weighted by Crippen LogP contribution is -2.56. The third-order valence-electron chi connectivity index (χ3n) is 4.11. The number of nitrogens with one attached hydrogen (secondary N) is 1. The van der Waals surface area contributed by atoms with E-state index in [0.29, 0.717) is 13.1 Å². The maximum atomic E-state index is 12.1. The molecular formula is C15H29N3O3. The molecule has 0 aromatic heterocycles. The van der Waals surface area contributed by atoms with Crippen molar-refractivity contribution < 1.29 is 14.7 Å². The standard InChI is InChI=1S/C15H29N3O3/c1-11(2)12(13(19)20)10-16-14(21)17-6-8-18(9-7-17)15(3,4)5/h11-12H,6-10H2,1-5H3,(H,16,21)(H,19,20). The number of carbonyl (C=O) groups is 2. The summed E-state index contributed by atoms with van der Waals surface area (Å²) < 4.78 is 0. The van der Waals surface area contributed by atoms with E-state index in [4.69, 9.17) is 5.11 Å². The quantitative estimate of drug-likeness (QED) is 0.824. The molecule has 1 heterocycles. The molecule has 1 rings (SSSR count). The van der Waals surface area contributed by atoms with Crippen molar-refractivity contribution in [1.82, 2.24) is 15.1 Å². The van der Waals surface area contributed by atoms with Crippen molar-refractivity contribution in [3.05, 3.63) is 0 Å². The predicted molar refractivity (Wildman–Crippen MR) is 82.3 cm³/mol. The first-order valence-corrected chi connectivity index (χ1v) is 7.63. The fourth-order valence-corrected chi connectivity index (χ4v) is 2.50. The molecule has 0 radical (unpaired) electrons. The highest BCUT2D eigenvalue weighted by atomic mass is 16.4. The Balaban J connectivity index is 2.43. The van der Waals surface area contributed by atoms with E-state index < -0.39 is 11.9 Å². The van der Waals surface area contributed by atoms with Crippen molar-refractivity contribution in [2.24, 2.45) is 11.8 Å². The molecule has 2 N–H and O–H groups in total. The molecule has 1 atom stereocenters. The van der Waals surface area contributed by atoms with Crippen LogP contribution in [0.4, 0.5) is 4.79 Å². The maximum absolute atomic E-state index is 12.1. The van der Waals surface area contributed by atoms with Gasteiger partial charge in [0.25, 0.3) is 0 Å². The van der Waals surface area contributed by atoms with Crippen molar-refractivity contribution in [3.8, 4) is 0 Å². The molecular weight excluding hydrogens is 270 g/mol. The summed E-state index contributed by atoms with van der Waals surface area (Å²) in [5.41, 5.74) is 0.120. The summed E-state index contributed by atoms with van der Waals surface area (Å²) in [5, 5.41) is 11.9. The van der Waals surface area contributed by atoms with Gasteiger partial charge in [-0.15, -0.1) is 0 Å². The van der Waals surface area contributed by atoms with E-state index in [0.717, 1.165) is 13.1 Å². The summed E-state index contributed by atoms with van der Waals surface area (Å²) >= 11 is 0. The van der Waals surface area contributed by atoms with Crippen molar-refractivity contribution in [1.29, 1.82) is 0 Å². The van der Waals surface area contributed by atoms with Gasteiger partial charge in [-0.2, -0.15) is 0 Å². The van der Waals surface area contributed by atoms with Gasteiger partial charge >= 0.3 is 12.0 Å². The number of carboxylic acid groups (broad SMARTS) is 1. The second-order valence-corrected chi connectivity index (χ2v) is 7.02. The Morgan fingerprint density at radius 3 is 2.05 bits per heavy atom. The molecule has 1 aliphatic rings. The van der Waals surface area contributed by atoms with Gasteiger partial charge in [-0.3, -0.25) is 9.69 Å². The Hall–Kier alpha value is -1.30. The molecule has 1 saturated heterocycles. The van der Waals surface area contributed by atoms with E-state index in [-0.39, 0.29) is 24.0 Å². The highest BCUT2D eigenvalue weighted by Gasteiger charge is 2.28. The number of piperazine rings is 1. The third kappa shape index (κ3) is 5.19. The summed E-state index contributed by atoms with van der Waals surface area (Å²) in [4.78, 5) is 27.3. The van der Waals surface area contributed by atoms with Gasteiger partial charge < -0.3 is 15.3 Å². The first-order valence-electron chi connectivity index (χ1n) is 7.63. The molecule has 1 aliphatic heterocycles. The lowest BCUT2D eigenvalue weighted by molar-refractivity contribution is -0.142. The van der Waals surface area contributed by atoms with Crippen LogP contribution in [-0.2, 0) is 4.79 Å². The average Bonchev–Trinajstić information content (AvgIpc) is 2.37. The van der Waals surface area contributed by atoms with Gasteiger partial charge in [0.05, 0.1) is 5.92 Å². The molecule has 0 bridgehead atoms. The normalized spacial score (nSPS) is 18.7. The first kappa shape index (κ1) is 17.8. The Morgan fingerprint density at radius 1 is 1.14 bits per heavy atom. The predicted octanol–water partition coefficient (Wildman–Crippen LogP) is 1.47. The van der Waals surface area contributed by atoms with Gasteiger partial charge in [-0.05, 0) is 26.7 Å². The Bertz CT molecular complexity index is 369. The Morgan fingerprint density at radius 2 is 1.67 bits per heavy atom. The third-order valence-corrected chi connectivity index (χ3v) is 4.11. The van der Waals surface area contributed by atoms with Crippen LogP contribution >= 0.6 is 0 Å². The number of amides is 2. The number of hydrogen-bond acceptors (Lipinski definition) is 3. The molecule has 0 aliphatic carbocycles. The summed E-state index contributed by atoms with van der Waals surface area (Å²) in [6.45, 7) is 13.5. The number of carbonyl (C=O) groups excluding carboxylic acids is 1. The van der Waals surface area contributed by atoms with Crippen molar-refractivity contribution in [2.45, 2.75) is 40.2 Å². The van der Waals surface area contributed by atoms with Crippen molar-refractivity contribution in [3.63, 3.8) is 0 Å². The van der Waals surface area contributed by atoms with Crippen molar-refractivity contribution >= 4 is 12.0 Å². The van der Waals surface area contributed by atoms with Crippen LogP contribution in [0.1, 0.15) is 34.6 Å². The lowest BCUT2D eigenvalue weighted by Gasteiger charge is -2.42. The molecule has 6 heteroatoms. The van der Waals surface area contributed by atoms with Crippen LogP contribution in [-0.4, -0.2) is 65.2 Å². The summed E-state index contributed by atoms with van der Waals surface area (Å²) in [6.07, 6.45) is 0. The number of hydrogen-bond donors (Lipinski definition) is 2. The average molecular weight is 299 g/mol. The molecule has 21 heavy (non-hydrogen) atoms. The molecule has 0 aromatic carbocycles. The minimum atomic E-state index is -0.858. The van der Waals surface area contributed by atoms with Crippen LogP contribution in [0.5, 0.6) is 0 Å². The largest absolute Gasteiger partial charge is 0.481 e. The summed E-state index contributed by atoms with van der Waals surface area (Å²) in [6, 6.07) is -0.157. The minimum Gasteiger partial charge on any atom is -0.481 e. The molecule has 0 spiro atoms. The molecule has 1 fully saturated rings. The maximum Gasteiger partial charge on any atom is 0.317 e. The molecule has 0 saturated carbocycles. The molecule has 0 aromatic rings. The number of rotatable bonds is 4. The van der Waals surface area contributed by atoms with Crippen LogP contribution < -0.4 is 5.32 Å². The van der Waals surface area contributed by atoms with E-state index in [1.54, 1.807) is 4.90 Å². The van der Waals surface area contributed by atoms with E-state index in [9.17, 15) is 9.59 Å². The Kier molecular flexibility index (Phi) is 6.01. The second kappa shape index (κ2) is 7.11. The zero-order chi connectivity index (χ0) is 16.2. The second-order valence-electron chi connectivity index (χ2n) is 7.02. The van der Waals surface area contributed by atoms with E-state index >= 15 is 0 Å². The van der Waals surface area contributed by atoms with E-state index in [1.807, 2.05) is 13.8 Å². The minimum absolute atomic E-state index is 0.000498. The fraction of sp³-hybridized carbons (Fsp3) is 0.867. The van der Waals surface area contributed by atoms with Crippen LogP contribution in [0.25, 0.3) is 0 Å². The first-order chi connectivity index (χ1) is 9.62. The van der Waals surface area contributed by atoms with Gasteiger partial charge in [-0.25, -0.2) is 4.79 Å². The zero-order valence-corrected chi connectivity index (χ0v) is 13.8. The highest BCUT2D eigenvalue weighted by Crippen LogP contribution is 2.16. The van der Waals surface area contributed by atoms with Crippen LogP contribution in [0.3, 0.4) is 0 Å².